The Morgan fingerprint density at radius 1 is 0.600 bits per heavy atom. The quantitative estimate of drug-likeness (QED) is 0.263. The second-order valence-electron chi connectivity index (χ2n) is 8.58. The Bertz CT molecular complexity index is 1270. The van der Waals surface area contributed by atoms with Gasteiger partial charge in [0.05, 0.1) is 0 Å². The third-order valence-corrected chi connectivity index (χ3v) is 8.39. The van der Waals surface area contributed by atoms with Crippen molar-refractivity contribution in [3.63, 3.8) is 0 Å². The van der Waals surface area contributed by atoms with Gasteiger partial charge in [-0.2, -0.15) is 0 Å². The van der Waals surface area contributed by atoms with Gasteiger partial charge in [-0.3, -0.25) is 0 Å². The summed E-state index contributed by atoms with van der Waals surface area (Å²) in [5, 5.41) is 0. The molecule has 2 aliphatic rings. The van der Waals surface area contributed by atoms with Gasteiger partial charge in [-0.15, -0.1) is 0 Å². The molecule has 1 unspecified atom stereocenters. The average molecular weight is 463 g/mol. The first kappa shape index (κ1) is 18.5. The van der Waals surface area contributed by atoms with Crippen LogP contribution < -0.4 is 0 Å². The van der Waals surface area contributed by atoms with Crippen molar-refractivity contribution < 1.29 is 24.7 Å². The molecule has 1 atom stereocenters. The fourth-order valence-corrected chi connectivity index (χ4v) is 6.44. The van der Waals surface area contributed by atoms with Crippen molar-refractivity contribution in [2.24, 2.45) is 0 Å². The Kier molecular flexibility index (Phi) is 4.61. The molecule has 30 heavy (non-hydrogen) atoms. The molecule has 0 radical (unpaired) electrons. The molecule has 0 amide bonds. The Labute approximate surface area is 193 Å². The number of hydrogen-bond acceptors (Lipinski definition) is 0. The number of rotatable bonds is 4. The van der Waals surface area contributed by atoms with Crippen molar-refractivity contribution in [2.75, 3.05) is 0 Å². The first-order valence-corrected chi connectivity index (χ1v) is 12.3. The van der Waals surface area contributed by atoms with Gasteiger partial charge in [-0.25, -0.2) is 0 Å². The summed E-state index contributed by atoms with van der Waals surface area (Å²) in [5.41, 5.74) is 15.0. The van der Waals surface area contributed by atoms with Crippen LogP contribution in [-0.4, -0.2) is 0 Å². The van der Waals surface area contributed by atoms with Gasteiger partial charge in [0, 0.05) is 0 Å². The van der Waals surface area contributed by atoms with Crippen LogP contribution in [0.1, 0.15) is 43.4 Å². The Hall–Kier alpha value is -2.24. The molecule has 0 N–H and O–H groups in total. The number of benzene rings is 4. The zero-order chi connectivity index (χ0) is 20.1. The van der Waals surface area contributed by atoms with E-state index in [1.54, 1.807) is 47.0 Å². The van der Waals surface area contributed by atoms with Crippen LogP contribution in [0, 0.1) is 0 Å². The van der Waals surface area contributed by atoms with Crippen LogP contribution in [0.4, 0.5) is 0 Å². The zero-order valence-corrected chi connectivity index (χ0v) is 19.4. The van der Waals surface area contributed by atoms with Gasteiger partial charge in [0.15, 0.2) is 0 Å². The van der Waals surface area contributed by atoms with E-state index in [0.29, 0.717) is 3.63 Å². The molecular formula is C29H23Zr. The predicted molar refractivity (Wildman–Crippen MR) is 120 cm³/mol. The second-order valence-corrected chi connectivity index (χ2v) is 10.3. The summed E-state index contributed by atoms with van der Waals surface area (Å²) in [4.78, 5) is 0. The van der Waals surface area contributed by atoms with E-state index in [1.807, 2.05) is 0 Å². The standard InChI is InChI=1S/C29H23.Zr/c1-3-14-24-22(8-1)18-28-20(12-6-16-26(24)28)10-5-11-21-13-7-17-27-25-15-4-2-9-23(25)19-29(21)27;/h1-4,6-10,12-17H,5,11,18-19H2;. The maximum atomic E-state index is 2.38. The molecule has 0 heterocycles. The summed E-state index contributed by atoms with van der Waals surface area (Å²) in [6.45, 7) is 0. The Morgan fingerprint density at radius 3 is 1.90 bits per heavy atom. The maximum absolute atomic E-state index is 2.38. The van der Waals surface area contributed by atoms with Crippen LogP contribution in [0.15, 0.2) is 84.9 Å². The van der Waals surface area contributed by atoms with Crippen molar-refractivity contribution in [1.29, 1.82) is 0 Å². The first-order valence-electron chi connectivity index (χ1n) is 10.9. The van der Waals surface area contributed by atoms with E-state index in [4.69, 9.17) is 0 Å². The van der Waals surface area contributed by atoms with E-state index in [1.165, 1.54) is 46.2 Å². The molecule has 0 saturated carbocycles. The summed E-state index contributed by atoms with van der Waals surface area (Å²) >= 11 is 1.63. The van der Waals surface area contributed by atoms with Gasteiger partial charge < -0.3 is 0 Å². The fourth-order valence-electron chi connectivity index (χ4n) is 5.42. The van der Waals surface area contributed by atoms with Crippen molar-refractivity contribution >= 4 is 0 Å². The van der Waals surface area contributed by atoms with E-state index in [2.05, 4.69) is 84.9 Å². The van der Waals surface area contributed by atoms with E-state index in [0.717, 1.165) is 12.8 Å². The summed E-state index contributed by atoms with van der Waals surface area (Å²) in [7, 11) is 0. The zero-order valence-electron chi connectivity index (χ0n) is 17.0. The van der Waals surface area contributed by atoms with E-state index < -0.39 is 0 Å². The van der Waals surface area contributed by atoms with Crippen LogP contribution in [0.25, 0.3) is 22.3 Å². The minimum absolute atomic E-state index is 0.654. The molecule has 143 valence electrons. The molecule has 0 fully saturated rings. The van der Waals surface area contributed by atoms with Gasteiger partial charge in [0.25, 0.3) is 0 Å². The summed E-state index contributed by atoms with van der Waals surface area (Å²) in [6, 6.07) is 31.7. The predicted octanol–water partition coefficient (Wildman–Crippen LogP) is 7.05. The molecule has 4 aromatic rings. The van der Waals surface area contributed by atoms with E-state index in [9.17, 15) is 0 Å². The van der Waals surface area contributed by atoms with Gasteiger partial charge in [0.2, 0.25) is 0 Å². The molecule has 0 spiro atoms. The molecule has 0 aromatic heterocycles. The average Bonchev–Trinajstić information content (AvgIpc) is 3.36. The van der Waals surface area contributed by atoms with Gasteiger partial charge in [-0.1, -0.05) is 0 Å². The SMILES string of the molecule is [Zr][CH](CCc1cccc2c1Cc1ccccc1-2)c1cccc2c1Cc1ccccc1-2. The van der Waals surface area contributed by atoms with Crippen LogP contribution in [0.5, 0.6) is 0 Å². The van der Waals surface area contributed by atoms with Crippen molar-refractivity contribution in [1.82, 2.24) is 0 Å². The monoisotopic (exact) mass is 461 g/mol. The molecular weight excluding hydrogens is 440 g/mol. The van der Waals surface area contributed by atoms with Crippen molar-refractivity contribution in [2.45, 2.75) is 29.3 Å². The van der Waals surface area contributed by atoms with Crippen molar-refractivity contribution in [3.05, 3.63) is 118 Å². The second kappa shape index (κ2) is 7.47. The normalized spacial score (nSPS) is 14.0. The number of aryl methyl sites for hydroxylation is 1. The van der Waals surface area contributed by atoms with Crippen LogP contribution in [-0.2, 0) is 44.0 Å². The van der Waals surface area contributed by atoms with Crippen LogP contribution in [0.3, 0.4) is 0 Å². The number of hydrogen-bond donors (Lipinski definition) is 0. The molecule has 4 aromatic carbocycles. The van der Waals surface area contributed by atoms with Crippen LogP contribution in [0.2, 0.25) is 0 Å². The Balaban J connectivity index is 1.26. The molecule has 2 aliphatic carbocycles. The molecule has 0 saturated heterocycles. The minimum atomic E-state index is 0.654. The molecule has 6 rings (SSSR count). The van der Waals surface area contributed by atoms with E-state index >= 15 is 0 Å². The summed E-state index contributed by atoms with van der Waals surface area (Å²) in [5.74, 6) is 0. The fraction of sp³-hybridized carbons (Fsp3) is 0.172. The molecule has 1 heteroatoms. The van der Waals surface area contributed by atoms with Gasteiger partial charge >= 0.3 is 195 Å². The topological polar surface area (TPSA) is 0 Å². The third-order valence-electron chi connectivity index (χ3n) is 6.91. The first-order chi connectivity index (χ1) is 14.8. The van der Waals surface area contributed by atoms with Crippen molar-refractivity contribution in [3.8, 4) is 22.3 Å². The molecule has 0 aliphatic heterocycles. The summed E-state index contributed by atoms with van der Waals surface area (Å²) in [6.07, 6.45) is 4.60. The number of fused-ring (bicyclic) bond motifs is 6. The third kappa shape index (κ3) is 2.98. The van der Waals surface area contributed by atoms with E-state index in [-0.39, 0.29) is 0 Å². The molecule has 0 bridgehead atoms. The van der Waals surface area contributed by atoms with Gasteiger partial charge in [-0.05, 0) is 0 Å². The summed E-state index contributed by atoms with van der Waals surface area (Å²) < 4.78 is 0.654. The van der Waals surface area contributed by atoms with Crippen LogP contribution >= 0.6 is 0 Å². The molecule has 0 nitrogen and oxygen atoms in total. The Morgan fingerprint density at radius 2 is 1.17 bits per heavy atom. The van der Waals surface area contributed by atoms with Gasteiger partial charge in [0.1, 0.15) is 0 Å².